The summed E-state index contributed by atoms with van der Waals surface area (Å²) in [4.78, 5) is 27.5. The molecule has 1 saturated carbocycles. The lowest BCUT2D eigenvalue weighted by Crippen LogP contribution is -2.18. The van der Waals surface area contributed by atoms with Gasteiger partial charge in [0.15, 0.2) is 11.6 Å². The van der Waals surface area contributed by atoms with Crippen LogP contribution in [-0.4, -0.2) is 37.2 Å². The fourth-order valence-electron chi connectivity index (χ4n) is 4.02. The van der Waals surface area contributed by atoms with Gasteiger partial charge in [0.2, 0.25) is 11.8 Å². The van der Waals surface area contributed by atoms with Crippen molar-refractivity contribution < 1.29 is 9.59 Å². The largest absolute Gasteiger partial charge is 0.309 e. The molecule has 2 atom stereocenters. The van der Waals surface area contributed by atoms with Crippen molar-refractivity contribution in [3.05, 3.63) is 65.7 Å². The maximum atomic E-state index is 12.2. The van der Waals surface area contributed by atoms with Crippen LogP contribution in [0.1, 0.15) is 61.5 Å². The van der Waals surface area contributed by atoms with Gasteiger partial charge in [-0.2, -0.15) is 10.2 Å². The normalized spacial score (nSPS) is 18.0. The van der Waals surface area contributed by atoms with Crippen molar-refractivity contribution in [2.45, 2.75) is 50.9 Å². The Morgan fingerprint density at radius 1 is 0.875 bits per heavy atom. The Morgan fingerprint density at radius 3 is 2.06 bits per heavy atom. The zero-order chi connectivity index (χ0) is 22.3. The van der Waals surface area contributed by atoms with Crippen LogP contribution in [0.2, 0.25) is 0 Å². The average Bonchev–Trinajstić information content (AvgIpc) is 2.80. The Morgan fingerprint density at radius 2 is 1.53 bits per heavy atom. The SMILES string of the molecule is CC(=O)Nc1ccc(C2CCCC(c3ccc(NC(=O)Cc4ccccn4)nn3)C2)nn1. The molecule has 164 valence electrons. The minimum Gasteiger partial charge on any atom is -0.309 e. The van der Waals surface area contributed by atoms with Crippen molar-refractivity contribution in [3.63, 3.8) is 0 Å². The molecule has 2 unspecified atom stereocenters. The first-order valence-corrected chi connectivity index (χ1v) is 10.7. The molecule has 0 radical (unpaired) electrons. The highest BCUT2D eigenvalue weighted by Gasteiger charge is 2.26. The van der Waals surface area contributed by atoms with Crippen LogP contribution in [0.5, 0.6) is 0 Å². The Hall–Kier alpha value is -3.75. The second-order valence-corrected chi connectivity index (χ2v) is 7.97. The Balaban J connectivity index is 1.35. The summed E-state index contributed by atoms with van der Waals surface area (Å²) in [7, 11) is 0. The summed E-state index contributed by atoms with van der Waals surface area (Å²) < 4.78 is 0. The quantitative estimate of drug-likeness (QED) is 0.614. The minimum atomic E-state index is -0.176. The van der Waals surface area contributed by atoms with Crippen LogP contribution < -0.4 is 10.6 Å². The Kier molecular flexibility index (Phi) is 6.74. The van der Waals surface area contributed by atoms with E-state index in [-0.39, 0.29) is 30.1 Å². The molecule has 4 rings (SSSR count). The predicted octanol–water partition coefficient (Wildman–Crippen LogP) is 3.24. The summed E-state index contributed by atoms with van der Waals surface area (Å²) in [6.07, 6.45) is 5.91. The summed E-state index contributed by atoms with van der Waals surface area (Å²) in [5.74, 6) is 1.11. The number of hydrogen-bond donors (Lipinski definition) is 2. The highest BCUT2D eigenvalue weighted by atomic mass is 16.2. The molecular formula is C23H25N7O2. The summed E-state index contributed by atoms with van der Waals surface area (Å²) in [5.41, 5.74) is 2.55. The molecule has 0 spiro atoms. The third kappa shape index (κ3) is 5.69. The second kappa shape index (κ2) is 10.0. The molecular weight excluding hydrogens is 406 g/mol. The number of carbonyl (C=O) groups is 2. The van der Waals surface area contributed by atoms with Crippen LogP contribution in [0.15, 0.2) is 48.7 Å². The van der Waals surface area contributed by atoms with E-state index in [1.54, 1.807) is 18.3 Å². The third-order valence-electron chi connectivity index (χ3n) is 5.52. The van der Waals surface area contributed by atoms with Gasteiger partial charge in [0.1, 0.15) is 0 Å². The van der Waals surface area contributed by atoms with Crippen molar-refractivity contribution >= 4 is 23.5 Å². The monoisotopic (exact) mass is 431 g/mol. The lowest BCUT2D eigenvalue weighted by molar-refractivity contribution is -0.116. The molecule has 9 heteroatoms. The molecule has 1 fully saturated rings. The molecule has 0 bridgehead atoms. The number of amides is 2. The zero-order valence-corrected chi connectivity index (χ0v) is 17.9. The van der Waals surface area contributed by atoms with Crippen molar-refractivity contribution in [3.8, 4) is 0 Å². The smallest absolute Gasteiger partial charge is 0.231 e. The van der Waals surface area contributed by atoms with Gasteiger partial charge in [0, 0.05) is 30.7 Å². The van der Waals surface area contributed by atoms with E-state index in [0.717, 1.165) is 37.1 Å². The molecule has 0 aliphatic heterocycles. The number of rotatable bonds is 6. The fourth-order valence-corrected chi connectivity index (χ4v) is 4.02. The number of anilines is 2. The first-order chi connectivity index (χ1) is 15.6. The van der Waals surface area contributed by atoms with E-state index in [2.05, 4.69) is 36.0 Å². The standard InChI is InChI=1S/C23H25N7O2/c1-15(31)25-21-10-8-19(27-29-21)16-5-4-6-17(13-16)20-9-11-22(30-28-20)26-23(32)14-18-7-2-3-12-24-18/h2-3,7-12,16-17H,4-6,13-14H2,1H3,(H,25,29,31)(H,26,30,32). The summed E-state index contributed by atoms with van der Waals surface area (Å²) in [6, 6.07) is 12.9. The maximum Gasteiger partial charge on any atom is 0.231 e. The van der Waals surface area contributed by atoms with Gasteiger partial charge in [0.25, 0.3) is 0 Å². The van der Waals surface area contributed by atoms with E-state index in [1.807, 2.05) is 30.3 Å². The van der Waals surface area contributed by atoms with Crippen molar-refractivity contribution in [1.82, 2.24) is 25.4 Å². The van der Waals surface area contributed by atoms with E-state index in [1.165, 1.54) is 6.92 Å². The molecule has 9 nitrogen and oxygen atoms in total. The minimum absolute atomic E-state index is 0.167. The van der Waals surface area contributed by atoms with Crippen LogP contribution in [0.25, 0.3) is 0 Å². The van der Waals surface area contributed by atoms with E-state index >= 15 is 0 Å². The molecule has 0 saturated heterocycles. The van der Waals surface area contributed by atoms with E-state index in [0.29, 0.717) is 17.3 Å². The zero-order valence-electron chi connectivity index (χ0n) is 17.9. The van der Waals surface area contributed by atoms with Crippen molar-refractivity contribution in [2.24, 2.45) is 0 Å². The van der Waals surface area contributed by atoms with Crippen molar-refractivity contribution in [1.29, 1.82) is 0 Å². The number of nitrogens with one attached hydrogen (secondary N) is 2. The molecule has 0 aromatic carbocycles. The van der Waals surface area contributed by atoms with Crippen LogP contribution >= 0.6 is 0 Å². The highest BCUT2D eigenvalue weighted by Crippen LogP contribution is 2.39. The van der Waals surface area contributed by atoms with Gasteiger partial charge in [-0.25, -0.2) is 0 Å². The van der Waals surface area contributed by atoms with Gasteiger partial charge >= 0.3 is 0 Å². The molecule has 3 heterocycles. The third-order valence-corrected chi connectivity index (χ3v) is 5.52. The second-order valence-electron chi connectivity index (χ2n) is 7.97. The molecule has 2 N–H and O–H groups in total. The summed E-state index contributed by atoms with van der Waals surface area (Å²) in [5, 5.41) is 22.4. The van der Waals surface area contributed by atoms with Gasteiger partial charge in [-0.3, -0.25) is 14.6 Å². The molecule has 1 aliphatic carbocycles. The van der Waals surface area contributed by atoms with E-state index in [9.17, 15) is 9.59 Å². The Labute approximate surface area is 186 Å². The molecule has 2 amide bonds. The van der Waals surface area contributed by atoms with Gasteiger partial charge in [0.05, 0.1) is 17.8 Å². The lowest BCUT2D eigenvalue weighted by atomic mass is 9.78. The maximum absolute atomic E-state index is 12.2. The van der Waals surface area contributed by atoms with Crippen LogP contribution in [0, 0.1) is 0 Å². The number of carbonyl (C=O) groups excluding carboxylic acids is 2. The van der Waals surface area contributed by atoms with Crippen LogP contribution in [-0.2, 0) is 16.0 Å². The van der Waals surface area contributed by atoms with Gasteiger partial charge in [-0.1, -0.05) is 12.5 Å². The summed E-state index contributed by atoms with van der Waals surface area (Å²) in [6.45, 7) is 1.44. The van der Waals surface area contributed by atoms with E-state index in [4.69, 9.17) is 0 Å². The van der Waals surface area contributed by atoms with Gasteiger partial charge < -0.3 is 10.6 Å². The fraction of sp³-hybridized carbons (Fsp3) is 0.348. The molecule has 3 aromatic rings. The number of nitrogens with zero attached hydrogens (tertiary/aromatic N) is 5. The number of hydrogen-bond acceptors (Lipinski definition) is 7. The van der Waals surface area contributed by atoms with Gasteiger partial charge in [-0.05, 0) is 55.7 Å². The Bertz CT molecular complexity index is 1060. The van der Waals surface area contributed by atoms with Crippen LogP contribution in [0.4, 0.5) is 11.6 Å². The first-order valence-electron chi connectivity index (χ1n) is 10.7. The van der Waals surface area contributed by atoms with Gasteiger partial charge in [-0.15, -0.1) is 10.2 Å². The summed E-state index contributed by atoms with van der Waals surface area (Å²) >= 11 is 0. The molecule has 32 heavy (non-hydrogen) atoms. The predicted molar refractivity (Wildman–Crippen MR) is 119 cm³/mol. The van der Waals surface area contributed by atoms with Crippen LogP contribution in [0.3, 0.4) is 0 Å². The average molecular weight is 432 g/mol. The lowest BCUT2D eigenvalue weighted by Gasteiger charge is -2.28. The highest BCUT2D eigenvalue weighted by molar-refractivity contribution is 5.91. The number of pyridine rings is 1. The van der Waals surface area contributed by atoms with Crippen molar-refractivity contribution in [2.75, 3.05) is 10.6 Å². The molecule has 1 aliphatic rings. The topological polar surface area (TPSA) is 123 Å². The first kappa shape index (κ1) is 21.5. The van der Waals surface area contributed by atoms with E-state index < -0.39 is 0 Å². The number of aromatic nitrogens is 5. The molecule has 3 aromatic heterocycles.